The fraction of sp³-hybridized carbons (Fsp3) is 0.429. The molecular weight excluding hydrogens is 382 g/mol. The number of rotatable bonds is 3. The van der Waals surface area contributed by atoms with Gasteiger partial charge >= 0.3 is 5.97 Å². The van der Waals surface area contributed by atoms with E-state index in [9.17, 15) is 14.7 Å². The van der Waals surface area contributed by atoms with Crippen LogP contribution >= 0.6 is 11.6 Å². The summed E-state index contributed by atoms with van der Waals surface area (Å²) in [5, 5.41) is 13.4. The summed E-state index contributed by atoms with van der Waals surface area (Å²) < 4.78 is 10.2. The van der Waals surface area contributed by atoms with Crippen molar-refractivity contribution in [2.24, 2.45) is 5.41 Å². The van der Waals surface area contributed by atoms with Gasteiger partial charge < -0.3 is 19.9 Å². The van der Waals surface area contributed by atoms with E-state index < -0.39 is 11.9 Å². The van der Waals surface area contributed by atoms with Crippen molar-refractivity contribution in [1.29, 1.82) is 0 Å². The van der Waals surface area contributed by atoms with E-state index in [-0.39, 0.29) is 27.7 Å². The molecular formula is C21H24ClNO5. The number of ether oxygens (including phenoxy) is 2. The molecule has 1 aromatic carbocycles. The van der Waals surface area contributed by atoms with Crippen LogP contribution in [0.15, 0.2) is 34.7 Å². The van der Waals surface area contributed by atoms with Crippen LogP contribution in [-0.4, -0.2) is 31.1 Å². The summed E-state index contributed by atoms with van der Waals surface area (Å²) in [4.78, 5) is 25.7. The van der Waals surface area contributed by atoms with E-state index in [1.807, 2.05) is 13.8 Å². The number of aromatic hydroxyl groups is 1. The molecule has 0 spiro atoms. The molecule has 2 aliphatic rings. The molecule has 0 saturated carbocycles. The number of esters is 1. The third kappa shape index (κ3) is 3.37. The highest BCUT2D eigenvalue weighted by atomic mass is 35.5. The molecule has 1 heterocycles. The second-order valence-electron chi connectivity index (χ2n) is 7.98. The first-order chi connectivity index (χ1) is 13.1. The zero-order chi connectivity index (χ0) is 20.8. The van der Waals surface area contributed by atoms with E-state index in [0.717, 1.165) is 5.70 Å². The van der Waals surface area contributed by atoms with Gasteiger partial charge in [-0.2, -0.15) is 0 Å². The Morgan fingerprint density at radius 1 is 1.29 bits per heavy atom. The quantitative estimate of drug-likeness (QED) is 0.743. The van der Waals surface area contributed by atoms with Crippen LogP contribution < -0.4 is 10.1 Å². The Morgan fingerprint density at radius 2 is 1.96 bits per heavy atom. The maximum Gasteiger partial charge on any atom is 0.336 e. The van der Waals surface area contributed by atoms with Gasteiger partial charge in [-0.3, -0.25) is 4.79 Å². The monoisotopic (exact) mass is 405 g/mol. The van der Waals surface area contributed by atoms with Crippen molar-refractivity contribution >= 4 is 23.4 Å². The number of dihydropyridines is 1. The van der Waals surface area contributed by atoms with Crippen LogP contribution in [0, 0.1) is 5.41 Å². The van der Waals surface area contributed by atoms with E-state index in [0.29, 0.717) is 35.2 Å². The van der Waals surface area contributed by atoms with Crippen LogP contribution in [0.25, 0.3) is 0 Å². The van der Waals surface area contributed by atoms with Crippen LogP contribution in [0.4, 0.5) is 0 Å². The first-order valence-electron chi connectivity index (χ1n) is 8.98. The van der Waals surface area contributed by atoms with Crippen LogP contribution in [-0.2, 0) is 14.3 Å². The average Bonchev–Trinajstić information content (AvgIpc) is 2.61. The zero-order valence-corrected chi connectivity index (χ0v) is 17.4. The second-order valence-corrected chi connectivity index (χ2v) is 8.38. The molecule has 6 nitrogen and oxygen atoms in total. The normalized spacial score (nSPS) is 21.2. The van der Waals surface area contributed by atoms with Gasteiger partial charge in [-0.15, -0.1) is 0 Å². The van der Waals surface area contributed by atoms with E-state index in [1.165, 1.54) is 14.2 Å². The van der Waals surface area contributed by atoms with Crippen molar-refractivity contribution in [3.63, 3.8) is 0 Å². The molecule has 1 aromatic rings. The van der Waals surface area contributed by atoms with Gasteiger partial charge in [0.15, 0.2) is 17.3 Å². The van der Waals surface area contributed by atoms with E-state index >= 15 is 0 Å². The molecule has 0 amide bonds. The highest BCUT2D eigenvalue weighted by Crippen LogP contribution is 2.48. The number of nitrogens with one attached hydrogen (secondary N) is 1. The molecule has 1 aliphatic heterocycles. The Morgan fingerprint density at radius 3 is 2.57 bits per heavy atom. The van der Waals surface area contributed by atoms with Gasteiger partial charge in [-0.05, 0) is 36.5 Å². The number of ketones is 1. The molecule has 0 unspecified atom stereocenters. The maximum atomic E-state index is 13.1. The van der Waals surface area contributed by atoms with Gasteiger partial charge in [0.25, 0.3) is 0 Å². The first-order valence-corrected chi connectivity index (χ1v) is 9.36. The standard InChI is InChI=1S/C21H24ClNO5/c1-10-16(20(26)28-5)17(11-6-12(22)19(25)15(7-11)27-4)18-13(23-10)8-21(2,3)9-14(18)24/h6-7,17,23,25H,8-9H2,1-5H3/t17-/m1/s1. The van der Waals surface area contributed by atoms with E-state index in [4.69, 9.17) is 21.1 Å². The largest absolute Gasteiger partial charge is 0.503 e. The minimum absolute atomic E-state index is 0.0270. The second kappa shape index (κ2) is 7.17. The van der Waals surface area contributed by atoms with Crippen molar-refractivity contribution in [3.8, 4) is 11.5 Å². The van der Waals surface area contributed by atoms with Crippen LogP contribution in [0.2, 0.25) is 5.02 Å². The first kappa shape index (κ1) is 20.3. The zero-order valence-electron chi connectivity index (χ0n) is 16.6. The molecule has 28 heavy (non-hydrogen) atoms. The number of carbonyl (C=O) groups excluding carboxylic acids is 2. The highest BCUT2D eigenvalue weighted by Gasteiger charge is 2.43. The fourth-order valence-corrected chi connectivity index (χ4v) is 4.29. The topological polar surface area (TPSA) is 84.9 Å². The van der Waals surface area contributed by atoms with Gasteiger partial charge in [-0.25, -0.2) is 4.79 Å². The number of phenolic OH excluding ortho intramolecular Hbond substituents is 1. The Hall–Kier alpha value is -2.47. The van der Waals surface area contributed by atoms with E-state index in [1.54, 1.807) is 19.1 Å². The predicted octanol–water partition coefficient (Wildman–Crippen LogP) is 3.83. The predicted molar refractivity (Wildman–Crippen MR) is 105 cm³/mol. The molecule has 0 radical (unpaired) electrons. The lowest BCUT2D eigenvalue weighted by molar-refractivity contribution is -0.136. The molecule has 2 N–H and O–H groups in total. The van der Waals surface area contributed by atoms with Crippen LogP contribution in [0.1, 0.15) is 45.1 Å². The van der Waals surface area contributed by atoms with E-state index in [2.05, 4.69) is 5.32 Å². The molecule has 1 aliphatic carbocycles. The Kier molecular flexibility index (Phi) is 5.19. The molecule has 1 atom stereocenters. The van der Waals surface area contributed by atoms with Gasteiger partial charge in [0.05, 0.1) is 24.8 Å². The lowest BCUT2D eigenvalue weighted by Crippen LogP contribution is -2.38. The van der Waals surface area contributed by atoms with Crippen LogP contribution in [0.5, 0.6) is 11.5 Å². The fourth-order valence-electron chi connectivity index (χ4n) is 4.07. The number of carbonyl (C=O) groups is 2. The molecule has 0 saturated heterocycles. The van der Waals surface area contributed by atoms with Crippen molar-refractivity contribution < 1.29 is 24.2 Å². The lowest BCUT2D eigenvalue weighted by atomic mass is 9.68. The average molecular weight is 406 g/mol. The number of halogens is 1. The van der Waals surface area contributed by atoms with Gasteiger partial charge in [0, 0.05) is 29.3 Å². The van der Waals surface area contributed by atoms with Crippen molar-refractivity contribution in [1.82, 2.24) is 5.32 Å². The summed E-state index contributed by atoms with van der Waals surface area (Å²) in [6, 6.07) is 3.16. The minimum Gasteiger partial charge on any atom is -0.503 e. The van der Waals surface area contributed by atoms with Gasteiger partial charge in [0.2, 0.25) is 0 Å². The summed E-state index contributed by atoms with van der Waals surface area (Å²) in [6.07, 6.45) is 1.06. The highest BCUT2D eigenvalue weighted by molar-refractivity contribution is 6.32. The molecule has 0 aromatic heterocycles. The molecule has 7 heteroatoms. The third-order valence-corrected chi connectivity index (χ3v) is 5.54. The lowest BCUT2D eigenvalue weighted by Gasteiger charge is -2.39. The third-order valence-electron chi connectivity index (χ3n) is 5.25. The van der Waals surface area contributed by atoms with Crippen molar-refractivity contribution in [3.05, 3.63) is 45.3 Å². The number of methoxy groups -OCH3 is 2. The number of Topliss-reactive ketones (excluding diaryl/α,β-unsaturated/α-hetero) is 1. The number of benzene rings is 1. The summed E-state index contributed by atoms with van der Waals surface area (Å²) in [5.74, 6) is -1.22. The van der Waals surface area contributed by atoms with Gasteiger partial charge in [-0.1, -0.05) is 25.4 Å². The Balaban J connectivity index is 2.27. The summed E-state index contributed by atoms with van der Waals surface area (Å²) in [5.41, 5.74) is 2.72. The SMILES string of the molecule is COC(=O)C1=C(C)NC2=C(C(=O)CC(C)(C)C2)[C@@H]1c1cc(Cl)c(O)c(OC)c1. The molecule has 150 valence electrons. The van der Waals surface area contributed by atoms with Gasteiger partial charge in [0.1, 0.15) is 0 Å². The number of hydrogen-bond donors (Lipinski definition) is 2. The molecule has 3 rings (SSSR count). The summed E-state index contributed by atoms with van der Waals surface area (Å²) in [6.45, 7) is 5.87. The summed E-state index contributed by atoms with van der Waals surface area (Å²) >= 11 is 6.19. The van der Waals surface area contributed by atoms with Crippen LogP contribution in [0.3, 0.4) is 0 Å². The maximum absolute atomic E-state index is 13.1. The number of phenols is 1. The molecule has 0 bridgehead atoms. The Labute approximate surface area is 169 Å². The summed E-state index contributed by atoms with van der Waals surface area (Å²) in [7, 11) is 2.72. The smallest absolute Gasteiger partial charge is 0.336 e. The number of hydrogen-bond acceptors (Lipinski definition) is 6. The Bertz CT molecular complexity index is 929. The van der Waals surface area contributed by atoms with Crippen molar-refractivity contribution in [2.45, 2.75) is 39.5 Å². The minimum atomic E-state index is -0.653. The van der Waals surface area contributed by atoms with Crippen molar-refractivity contribution in [2.75, 3.05) is 14.2 Å². The number of allylic oxidation sites excluding steroid dienone is 3. The molecule has 0 fully saturated rings.